The molecule has 1 aliphatic carbocycles. The van der Waals surface area contributed by atoms with Crippen molar-refractivity contribution in [3.63, 3.8) is 0 Å². The van der Waals surface area contributed by atoms with Gasteiger partial charge in [-0.3, -0.25) is 4.79 Å². The maximum absolute atomic E-state index is 13.0. The van der Waals surface area contributed by atoms with E-state index in [1.165, 1.54) is 44.9 Å². The van der Waals surface area contributed by atoms with E-state index in [0.717, 1.165) is 50.6 Å². The lowest BCUT2D eigenvalue weighted by molar-refractivity contribution is 0.0623. The molecule has 2 N–H and O–H groups in total. The van der Waals surface area contributed by atoms with Crippen LogP contribution in [0.25, 0.3) is 0 Å². The first-order chi connectivity index (χ1) is 15.0. The first-order valence-electron chi connectivity index (χ1n) is 12.9. The Morgan fingerprint density at radius 2 is 1.61 bits per heavy atom. The molecule has 0 spiro atoms. The normalized spacial score (nSPS) is 22.4. The summed E-state index contributed by atoms with van der Waals surface area (Å²) >= 11 is 0. The molecular formula is C26H46N2O3. The third-order valence-electron chi connectivity index (χ3n) is 7.01. The van der Waals surface area contributed by atoms with Crippen LogP contribution in [-0.2, 0) is 7.05 Å². The van der Waals surface area contributed by atoms with Crippen molar-refractivity contribution in [2.24, 2.45) is 13.0 Å². The summed E-state index contributed by atoms with van der Waals surface area (Å²) in [7, 11) is 1.87. The fraction of sp³-hybridized carbons (Fsp3) is 0.846. The molecule has 0 saturated carbocycles. The highest BCUT2D eigenvalue weighted by atomic mass is 16.3. The summed E-state index contributed by atoms with van der Waals surface area (Å²) in [5.74, 6) is -0.104. The van der Waals surface area contributed by atoms with Gasteiger partial charge in [0.1, 0.15) is 5.69 Å². The fourth-order valence-corrected chi connectivity index (χ4v) is 5.00. The van der Waals surface area contributed by atoms with E-state index in [-0.39, 0.29) is 23.7 Å². The number of nitrogens with zero attached hydrogens (tertiary/aromatic N) is 2. The van der Waals surface area contributed by atoms with Crippen LogP contribution in [0.15, 0.2) is 6.33 Å². The standard InChI is InChI=1S/C26H46N2O3/c1-4-5-6-12-15-21(29)16-13-10-8-7-9-11-14-17-22-23(30)18-20(2)24-25(26(22)31)28(3)19-27-24/h19-23,29-30H,4-18H2,1-3H3/t20?,21?,22?,23-/m1/s1. The second-order valence-corrected chi connectivity index (χ2v) is 9.82. The van der Waals surface area contributed by atoms with E-state index < -0.39 is 6.10 Å². The minimum absolute atomic E-state index is 0.0695. The van der Waals surface area contributed by atoms with Gasteiger partial charge in [-0.05, 0) is 25.7 Å². The molecule has 1 aromatic heterocycles. The number of rotatable bonds is 15. The van der Waals surface area contributed by atoms with Crippen LogP contribution in [-0.4, -0.2) is 37.8 Å². The maximum Gasteiger partial charge on any atom is 0.186 e. The number of ketones is 1. The molecule has 0 aliphatic heterocycles. The van der Waals surface area contributed by atoms with Gasteiger partial charge < -0.3 is 14.8 Å². The summed E-state index contributed by atoms with van der Waals surface area (Å²) in [5.41, 5.74) is 1.54. The van der Waals surface area contributed by atoms with Gasteiger partial charge in [-0.2, -0.15) is 0 Å². The van der Waals surface area contributed by atoms with Crippen molar-refractivity contribution in [3.05, 3.63) is 17.7 Å². The summed E-state index contributed by atoms with van der Waals surface area (Å²) in [5, 5.41) is 20.7. The number of aromatic nitrogens is 2. The van der Waals surface area contributed by atoms with Gasteiger partial charge in [-0.15, -0.1) is 0 Å². The van der Waals surface area contributed by atoms with Gasteiger partial charge in [0.15, 0.2) is 5.78 Å². The minimum atomic E-state index is -0.565. The second kappa shape index (κ2) is 14.1. The molecule has 1 heterocycles. The number of carbonyl (C=O) groups is 1. The fourth-order valence-electron chi connectivity index (χ4n) is 5.00. The zero-order chi connectivity index (χ0) is 22.6. The van der Waals surface area contributed by atoms with Crippen LogP contribution < -0.4 is 0 Å². The lowest BCUT2D eigenvalue weighted by Gasteiger charge is -2.20. The van der Waals surface area contributed by atoms with E-state index in [2.05, 4.69) is 18.8 Å². The quantitative estimate of drug-likeness (QED) is 0.265. The highest BCUT2D eigenvalue weighted by Gasteiger charge is 2.36. The van der Waals surface area contributed by atoms with Gasteiger partial charge in [0.25, 0.3) is 0 Å². The van der Waals surface area contributed by atoms with Crippen molar-refractivity contribution in [1.29, 1.82) is 0 Å². The SMILES string of the molecule is CCCCCCC(O)CCCCCCCCCC1C(=O)c2c(ncn2C)C(C)C[C@H]1O. The van der Waals surface area contributed by atoms with Crippen molar-refractivity contribution >= 4 is 5.78 Å². The molecule has 5 nitrogen and oxygen atoms in total. The molecule has 2 rings (SSSR count). The topological polar surface area (TPSA) is 75.3 Å². The molecule has 0 bridgehead atoms. The molecule has 178 valence electrons. The zero-order valence-corrected chi connectivity index (χ0v) is 20.2. The first-order valence-corrected chi connectivity index (χ1v) is 12.9. The first kappa shape index (κ1) is 26.1. The Morgan fingerprint density at radius 3 is 2.26 bits per heavy atom. The molecule has 5 heteroatoms. The van der Waals surface area contributed by atoms with Crippen LogP contribution in [0, 0.1) is 5.92 Å². The van der Waals surface area contributed by atoms with Crippen LogP contribution in [0.3, 0.4) is 0 Å². The molecule has 0 aromatic carbocycles. The number of unbranched alkanes of at least 4 members (excludes halogenated alkanes) is 9. The van der Waals surface area contributed by atoms with E-state index in [0.29, 0.717) is 12.1 Å². The van der Waals surface area contributed by atoms with E-state index in [4.69, 9.17) is 0 Å². The van der Waals surface area contributed by atoms with Gasteiger partial charge in [0.2, 0.25) is 0 Å². The highest BCUT2D eigenvalue weighted by molar-refractivity contribution is 5.98. The van der Waals surface area contributed by atoms with Crippen LogP contribution in [0.5, 0.6) is 0 Å². The largest absolute Gasteiger partial charge is 0.393 e. The molecule has 0 saturated heterocycles. The van der Waals surface area contributed by atoms with Crippen molar-refractivity contribution in [3.8, 4) is 0 Å². The lowest BCUT2D eigenvalue weighted by atomic mass is 9.89. The number of aliphatic hydroxyl groups excluding tert-OH is 2. The molecular weight excluding hydrogens is 388 g/mol. The lowest BCUT2D eigenvalue weighted by Crippen LogP contribution is -2.28. The monoisotopic (exact) mass is 434 g/mol. The van der Waals surface area contributed by atoms with Gasteiger partial charge in [0.05, 0.1) is 24.2 Å². The molecule has 1 aliphatic rings. The number of fused-ring (bicyclic) bond motifs is 1. The van der Waals surface area contributed by atoms with Crippen LogP contribution in [0.4, 0.5) is 0 Å². The van der Waals surface area contributed by atoms with E-state index in [9.17, 15) is 15.0 Å². The van der Waals surface area contributed by atoms with Crippen LogP contribution >= 0.6 is 0 Å². The number of imidazole rings is 1. The van der Waals surface area contributed by atoms with Crippen molar-refractivity contribution in [2.75, 3.05) is 0 Å². The van der Waals surface area contributed by atoms with Gasteiger partial charge in [0, 0.05) is 18.9 Å². The van der Waals surface area contributed by atoms with Gasteiger partial charge >= 0.3 is 0 Å². The number of aliphatic hydroxyl groups is 2. The van der Waals surface area contributed by atoms with Crippen molar-refractivity contribution in [2.45, 2.75) is 128 Å². The summed E-state index contributed by atoms with van der Waals surface area (Å²) in [6.07, 6.45) is 17.3. The molecule has 4 atom stereocenters. The van der Waals surface area contributed by atoms with Gasteiger partial charge in [-0.1, -0.05) is 84.5 Å². The molecule has 0 radical (unpaired) electrons. The second-order valence-electron chi connectivity index (χ2n) is 9.82. The third-order valence-corrected chi connectivity index (χ3v) is 7.01. The van der Waals surface area contributed by atoms with E-state index in [1.54, 1.807) is 6.33 Å². The Labute approximate surface area is 189 Å². The number of Topliss-reactive ketones (excluding diaryl/α,β-unsaturated/α-hetero) is 1. The maximum atomic E-state index is 13.0. The molecule has 0 fully saturated rings. The van der Waals surface area contributed by atoms with E-state index in [1.807, 2.05) is 11.6 Å². The average Bonchev–Trinajstić information content (AvgIpc) is 3.09. The minimum Gasteiger partial charge on any atom is -0.393 e. The van der Waals surface area contributed by atoms with Gasteiger partial charge in [-0.25, -0.2) is 4.98 Å². The number of hydrogen-bond donors (Lipinski definition) is 2. The van der Waals surface area contributed by atoms with E-state index >= 15 is 0 Å². The zero-order valence-electron chi connectivity index (χ0n) is 20.2. The summed E-state index contributed by atoms with van der Waals surface area (Å²) < 4.78 is 1.82. The summed E-state index contributed by atoms with van der Waals surface area (Å²) in [6, 6.07) is 0. The highest BCUT2D eigenvalue weighted by Crippen LogP contribution is 2.34. The Bertz CT molecular complexity index is 643. The van der Waals surface area contributed by atoms with Crippen LogP contribution in [0.2, 0.25) is 0 Å². The molecule has 31 heavy (non-hydrogen) atoms. The number of aryl methyl sites for hydroxylation is 1. The Morgan fingerprint density at radius 1 is 1.03 bits per heavy atom. The summed E-state index contributed by atoms with van der Waals surface area (Å²) in [4.78, 5) is 17.4. The van der Waals surface area contributed by atoms with Crippen LogP contribution in [0.1, 0.15) is 132 Å². The number of hydrogen-bond acceptors (Lipinski definition) is 4. The average molecular weight is 435 g/mol. The Kier molecular flexibility index (Phi) is 11.8. The Balaban J connectivity index is 1.56. The molecule has 0 amide bonds. The smallest absolute Gasteiger partial charge is 0.186 e. The third kappa shape index (κ3) is 8.34. The Hall–Kier alpha value is -1.20. The van der Waals surface area contributed by atoms with Crippen molar-refractivity contribution in [1.82, 2.24) is 9.55 Å². The molecule has 3 unspecified atom stereocenters. The predicted molar refractivity (Wildman–Crippen MR) is 126 cm³/mol. The summed E-state index contributed by atoms with van der Waals surface area (Å²) in [6.45, 7) is 4.27. The number of carbonyl (C=O) groups excluding carboxylic acids is 1. The van der Waals surface area contributed by atoms with Crippen molar-refractivity contribution < 1.29 is 15.0 Å². The molecule has 1 aromatic rings. The predicted octanol–water partition coefficient (Wildman–Crippen LogP) is 5.93.